The Morgan fingerprint density at radius 1 is 1.17 bits per heavy atom. The quantitative estimate of drug-likeness (QED) is 0.377. The van der Waals surface area contributed by atoms with E-state index in [0.29, 0.717) is 18.1 Å². The standard InChI is InChI=1S/C23H39N3O3S/c1-3-4-5-6-7-8-9-10-11-14-22(28)26(16-20-13-12-15-29-20)17-21(27)25-23-24-19(2)18-30-23/h18,20H,3-17H2,1-2H3,(H,24,25,27). The molecule has 170 valence electrons. The van der Waals surface area contributed by atoms with Gasteiger partial charge in [-0.3, -0.25) is 9.59 Å². The molecule has 1 saturated heterocycles. The number of rotatable bonds is 15. The number of nitrogens with zero attached hydrogens (tertiary/aromatic N) is 2. The second-order valence-corrected chi connectivity index (χ2v) is 9.19. The molecule has 2 amide bonds. The van der Waals surface area contributed by atoms with Crippen LogP contribution < -0.4 is 5.32 Å². The summed E-state index contributed by atoms with van der Waals surface area (Å²) in [5.74, 6) is -0.137. The third-order valence-corrected chi connectivity index (χ3v) is 6.37. The maximum Gasteiger partial charge on any atom is 0.245 e. The number of ether oxygens (including phenoxy) is 1. The van der Waals surface area contributed by atoms with Crippen LogP contribution in [0.25, 0.3) is 0 Å². The minimum absolute atomic E-state index is 0.0481. The summed E-state index contributed by atoms with van der Waals surface area (Å²) in [5, 5.41) is 5.29. The molecule has 1 aromatic heterocycles. The van der Waals surface area contributed by atoms with Crippen LogP contribution in [0.15, 0.2) is 5.38 Å². The van der Waals surface area contributed by atoms with Crippen LogP contribution in [0, 0.1) is 6.92 Å². The molecule has 1 N–H and O–H groups in total. The maximum absolute atomic E-state index is 12.8. The highest BCUT2D eigenvalue weighted by Gasteiger charge is 2.24. The fourth-order valence-electron chi connectivity index (χ4n) is 3.78. The minimum atomic E-state index is -0.192. The summed E-state index contributed by atoms with van der Waals surface area (Å²) in [6, 6.07) is 0. The Balaban J connectivity index is 1.71. The Bertz CT molecular complexity index is 629. The predicted molar refractivity (Wildman–Crippen MR) is 123 cm³/mol. The molecule has 0 bridgehead atoms. The van der Waals surface area contributed by atoms with Crippen molar-refractivity contribution in [1.29, 1.82) is 0 Å². The van der Waals surface area contributed by atoms with Gasteiger partial charge in [-0.1, -0.05) is 58.3 Å². The van der Waals surface area contributed by atoms with Crippen molar-refractivity contribution in [2.24, 2.45) is 0 Å². The topological polar surface area (TPSA) is 71.5 Å². The van der Waals surface area contributed by atoms with Gasteiger partial charge < -0.3 is 15.0 Å². The van der Waals surface area contributed by atoms with E-state index in [4.69, 9.17) is 4.74 Å². The molecule has 1 aliphatic heterocycles. The first kappa shape index (κ1) is 24.8. The lowest BCUT2D eigenvalue weighted by molar-refractivity contribution is -0.136. The summed E-state index contributed by atoms with van der Waals surface area (Å²) >= 11 is 1.40. The zero-order valence-corrected chi connectivity index (χ0v) is 19.6. The van der Waals surface area contributed by atoms with E-state index in [0.717, 1.165) is 38.0 Å². The van der Waals surface area contributed by atoms with Crippen molar-refractivity contribution in [1.82, 2.24) is 9.88 Å². The Labute approximate surface area is 185 Å². The number of unbranched alkanes of at least 4 members (excludes halogenated alkanes) is 8. The Kier molecular flexibility index (Phi) is 12.0. The lowest BCUT2D eigenvalue weighted by Crippen LogP contribution is -2.42. The number of anilines is 1. The number of hydrogen-bond donors (Lipinski definition) is 1. The van der Waals surface area contributed by atoms with E-state index in [1.165, 1.54) is 56.3 Å². The number of amides is 2. The predicted octanol–water partition coefficient (Wildman–Crippen LogP) is 5.32. The van der Waals surface area contributed by atoms with E-state index in [1.54, 1.807) is 4.90 Å². The highest BCUT2D eigenvalue weighted by Crippen LogP contribution is 2.17. The number of carbonyl (C=O) groups excluding carboxylic acids is 2. The lowest BCUT2D eigenvalue weighted by Gasteiger charge is -2.25. The van der Waals surface area contributed by atoms with Crippen LogP contribution in [0.1, 0.15) is 89.7 Å². The van der Waals surface area contributed by atoms with Gasteiger partial charge in [0.25, 0.3) is 0 Å². The molecular weight excluding hydrogens is 398 g/mol. The molecule has 6 nitrogen and oxygen atoms in total. The smallest absolute Gasteiger partial charge is 0.245 e. The second-order valence-electron chi connectivity index (χ2n) is 8.33. The molecule has 0 spiro atoms. The van der Waals surface area contributed by atoms with Gasteiger partial charge in [0.2, 0.25) is 11.8 Å². The molecule has 1 atom stereocenters. The Morgan fingerprint density at radius 3 is 2.47 bits per heavy atom. The average molecular weight is 438 g/mol. The molecule has 2 heterocycles. The Morgan fingerprint density at radius 2 is 1.87 bits per heavy atom. The maximum atomic E-state index is 12.8. The molecule has 0 radical (unpaired) electrons. The zero-order chi connectivity index (χ0) is 21.6. The molecule has 0 aromatic carbocycles. The number of aromatic nitrogens is 1. The first-order valence-electron chi connectivity index (χ1n) is 11.7. The summed E-state index contributed by atoms with van der Waals surface area (Å²) < 4.78 is 5.70. The highest BCUT2D eigenvalue weighted by atomic mass is 32.1. The SMILES string of the molecule is CCCCCCCCCCCC(=O)N(CC(=O)Nc1nc(C)cs1)CC1CCCO1. The summed E-state index contributed by atoms with van der Waals surface area (Å²) in [7, 11) is 0. The van der Waals surface area contributed by atoms with Crippen LogP contribution in [0.3, 0.4) is 0 Å². The van der Waals surface area contributed by atoms with E-state index < -0.39 is 0 Å². The van der Waals surface area contributed by atoms with Crippen molar-refractivity contribution in [3.63, 3.8) is 0 Å². The third kappa shape index (κ3) is 10.0. The monoisotopic (exact) mass is 437 g/mol. The summed E-state index contributed by atoms with van der Waals surface area (Å²) in [5.41, 5.74) is 0.882. The van der Waals surface area contributed by atoms with Crippen LogP contribution in [-0.4, -0.2) is 47.5 Å². The van der Waals surface area contributed by atoms with Crippen molar-refractivity contribution in [3.05, 3.63) is 11.1 Å². The number of aryl methyl sites for hydroxylation is 1. The Hall–Kier alpha value is -1.47. The first-order chi connectivity index (χ1) is 14.6. The molecule has 0 saturated carbocycles. The van der Waals surface area contributed by atoms with Crippen LogP contribution in [0.4, 0.5) is 5.13 Å². The van der Waals surface area contributed by atoms with E-state index in [-0.39, 0.29) is 24.5 Å². The number of hydrogen-bond acceptors (Lipinski definition) is 5. The van der Waals surface area contributed by atoms with Crippen molar-refractivity contribution >= 4 is 28.3 Å². The van der Waals surface area contributed by atoms with Gasteiger partial charge >= 0.3 is 0 Å². The molecule has 7 heteroatoms. The van der Waals surface area contributed by atoms with Crippen molar-refractivity contribution in [2.75, 3.05) is 25.0 Å². The molecule has 1 unspecified atom stereocenters. The van der Waals surface area contributed by atoms with E-state index in [2.05, 4.69) is 17.2 Å². The van der Waals surface area contributed by atoms with Crippen LogP contribution in [0.5, 0.6) is 0 Å². The van der Waals surface area contributed by atoms with Crippen molar-refractivity contribution < 1.29 is 14.3 Å². The van der Waals surface area contributed by atoms with Crippen LogP contribution in [-0.2, 0) is 14.3 Å². The average Bonchev–Trinajstić information content (AvgIpc) is 3.37. The summed E-state index contributed by atoms with van der Waals surface area (Å²) in [6.07, 6.45) is 13.5. The molecule has 0 aliphatic carbocycles. The third-order valence-electron chi connectivity index (χ3n) is 5.49. The van der Waals surface area contributed by atoms with Crippen LogP contribution in [0.2, 0.25) is 0 Å². The van der Waals surface area contributed by atoms with Gasteiger partial charge in [-0.2, -0.15) is 0 Å². The fourth-order valence-corrected chi connectivity index (χ4v) is 4.48. The number of nitrogens with one attached hydrogen (secondary N) is 1. The van der Waals surface area contributed by atoms with Gasteiger partial charge in [0, 0.05) is 25.0 Å². The lowest BCUT2D eigenvalue weighted by atomic mass is 10.1. The molecule has 30 heavy (non-hydrogen) atoms. The van der Waals surface area contributed by atoms with Gasteiger partial charge in [-0.25, -0.2) is 4.98 Å². The van der Waals surface area contributed by atoms with E-state index in [9.17, 15) is 9.59 Å². The first-order valence-corrected chi connectivity index (χ1v) is 12.6. The fraction of sp³-hybridized carbons (Fsp3) is 0.783. The largest absolute Gasteiger partial charge is 0.376 e. The van der Waals surface area contributed by atoms with E-state index >= 15 is 0 Å². The number of carbonyl (C=O) groups is 2. The summed E-state index contributed by atoms with van der Waals surface area (Å²) in [4.78, 5) is 31.2. The van der Waals surface area contributed by atoms with E-state index in [1.807, 2.05) is 12.3 Å². The number of thiazole rings is 1. The van der Waals surface area contributed by atoms with Gasteiger partial charge in [0.15, 0.2) is 5.13 Å². The van der Waals surface area contributed by atoms with Crippen molar-refractivity contribution in [2.45, 2.75) is 97.0 Å². The van der Waals surface area contributed by atoms with Crippen LogP contribution >= 0.6 is 11.3 Å². The molecule has 1 aliphatic rings. The normalized spacial score (nSPS) is 16.0. The van der Waals surface area contributed by atoms with Gasteiger partial charge in [0.05, 0.1) is 11.8 Å². The highest BCUT2D eigenvalue weighted by molar-refractivity contribution is 7.13. The molecule has 2 rings (SSSR count). The van der Waals surface area contributed by atoms with Gasteiger partial charge in [-0.15, -0.1) is 11.3 Å². The molecule has 1 fully saturated rings. The van der Waals surface area contributed by atoms with Gasteiger partial charge in [-0.05, 0) is 26.2 Å². The van der Waals surface area contributed by atoms with Gasteiger partial charge in [0.1, 0.15) is 6.54 Å². The summed E-state index contributed by atoms with van der Waals surface area (Å²) in [6.45, 7) is 5.44. The minimum Gasteiger partial charge on any atom is -0.376 e. The second kappa shape index (κ2) is 14.5. The molecule has 1 aromatic rings. The molecular formula is C23H39N3O3S. The van der Waals surface area contributed by atoms with Crippen molar-refractivity contribution in [3.8, 4) is 0 Å². The zero-order valence-electron chi connectivity index (χ0n) is 18.8.